The van der Waals surface area contributed by atoms with Gasteiger partial charge in [-0.05, 0) is 16.7 Å². The largest absolute Gasteiger partial charge is 0.502 e. The Morgan fingerprint density at radius 3 is 1.63 bits per heavy atom. The van der Waals surface area contributed by atoms with Crippen LogP contribution in [-0.2, 0) is 18.0 Å². The summed E-state index contributed by atoms with van der Waals surface area (Å²) in [4.78, 5) is 11.5. The van der Waals surface area contributed by atoms with E-state index in [0.717, 1.165) is 16.7 Å². The summed E-state index contributed by atoms with van der Waals surface area (Å²) in [7, 11) is 0. The second-order valence-electron chi connectivity index (χ2n) is 7.93. The molecular formula is C29H26O6. The quantitative estimate of drug-likeness (QED) is 0.274. The number of aromatic hydroxyl groups is 1. The Morgan fingerprint density at radius 1 is 0.714 bits per heavy atom. The second-order valence-corrected chi connectivity index (χ2v) is 7.93. The summed E-state index contributed by atoms with van der Waals surface area (Å²) in [6, 6.07) is 31.4. The van der Waals surface area contributed by atoms with Gasteiger partial charge in [-0.15, -0.1) is 0 Å². The summed E-state index contributed by atoms with van der Waals surface area (Å²) < 4.78 is 17.9. The van der Waals surface area contributed by atoms with Crippen LogP contribution in [0.15, 0.2) is 103 Å². The van der Waals surface area contributed by atoms with Crippen LogP contribution < -0.4 is 14.2 Å². The number of aliphatic carboxylic acids is 1. The molecule has 0 fully saturated rings. The molecule has 6 nitrogen and oxygen atoms in total. The van der Waals surface area contributed by atoms with E-state index in [4.69, 9.17) is 14.2 Å². The number of phenolic OH excluding ortho intramolecular Hbond substituents is 1. The van der Waals surface area contributed by atoms with Gasteiger partial charge >= 0.3 is 5.97 Å². The lowest BCUT2D eigenvalue weighted by Crippen LogP contribution is -2.13. The molecule has 4 rings (SSSR count). The molecule has 0 aliphatic rings. The Hall–Kier alpha value is -4.45. The summed E-state index contributed by atoms with van der Waals surface area (Å²) in [5, 5.41) is 20.3. The lowest BCUT2D eigenvalue weighted by Gasteiger charge is -2.20. The van der Waals surface area contributed by atoms with Gasteiger partial charge in [0.2, 0.25) is 5.75 Å². The summed E-state index contributed by atoms with van der Waals surface area (Å²) in [6.07, 6.45) is -0.965. The maximum Gasteiger partial charge on any atom is 0.307 e. The van der Waals surface area contributed by atoms with Crippen molar-refractivity contribution in [3.63, 3.8) is 0 Å². The third kappa shape index (κ3) is 6.77. The van der Waals surface area contributed by atoms with Crippen molar-refractivity contribution in [2.75, 3.05) is 0 Å². The van der Waals surface area contributed by atoms with Crippen molar-refractivity contribution in [2.45, 2.75) is 25.7 Å². The van der Waals surface area contributed by atoms with E-state index in [1.54, 1.807) is 12.1 Å². The van der Waals surface area contributed by atoms with Crippen molar-refractivity contribution in [1.82, 2.24) is 0 Å². The summed E-state index contributed by atoms with van der Waals surface area (Å²) in [6.45, 7) is 0.459. The molecule has 0 aliphatic carbocycles. The Labute approximate surface area is 204 Å². The lowest BCUT2D eigenvalue weighted by atomic mass is 10.1. The molecule has 4 aromatic carbocycles. The smallest absolute Gasteiger partial charge is 0.307 e. The molecule has 0 radical (unpaired) electrons. The molecule has 0 aliphatic heterocycles. The zero-order valence-electron chi connectivity index (χ0n) is 19.0. The predicted octanol–water partition coefficient (Wildman–Crippen LogP) is 6.15. The standard InChI is InChI=1S/C29H26O6/c30-28(31)18-25(23-14-8-3-9-15-23)35-24-16-26(33-19-21-10-4-1-5-11-21)29(32)27(17-24)34-20-22-12-6-2-7-13-22/h1-17,25,32H,18-20H2,(H,30,31). The third-order valence-electron chi connectivity index (χ3n) is 5.30. The number of rotatable bonds is 11. The fourth-order valence-electron chi connectivity index (χ4n) is 3.54. The fraction of sp³-hybridized carbons (Fsp3) is 0.138. The molecule has 4 aromatic rings. The van der Waals surface area contributed by atoms with Crippen molar-refractivity contribution >= 4 is 5.97 Å². The number of carboxylic acid groups (broad SMARTS) is 1. The van der Waals surface area contributed by atoms with Gasteiger partial charge in [-0.25, -0.2) is 0 Å². The minimum absolute atomic E-state index is 0.154. The maximum atomic E-state index is 11.5. The highest BCUT2D eigenvalue weighted by molar-refractivity contribution is 5.68. The zero-order chi connectivity index (χ0) is 24.5. The van der Waals surface area contributed by atoms with Gasteiger partial charge in [0, 0.05) is 12.1 Å². The van der Waals surface area contributed by atoms with Crippen LogP contribution in [0.5, 0.6) is 23.0 Å². The normalized spacial score (nSPS) is 11.4. The van der Waals surface area contributed by atoms with Gasteiger partial charge in [-0.2, -0.15) is 0 Å². The second kappa shape index (κ2) is 11.6. The zero-order valence-corrected chi connectivity index (χ0v) is 19.0. The van der Waals surface area contributed by atoms with E-state index >= 15 is 0 Å². The molecule has 0 saturated carbocycles. The Kier molecular flexibility index (Phi) is 7.86. The molecule has 1 atom stereocenters. The number of ether oxygens (including phenoxy) is 3. The number of hydrogen-bond donors (Lipinski definition) is 2. The Morgan fingerprint density at radius 2 is 1.17 bits per heavy atom. The number of carboxylic acids is 1. The van der Waals surface area contributed by atoms with E-state index in [0.29, 0.717) is 5.75 Å². The van der Waals surface area contributed by atoms with Crippen LogP contribution in [0.25, 0.3) is 0 Å². The number of benzene rings is 4. The molecule has 178 valence electrons. The molecular weight excluding hydrogens is 444 g/mol. The van der Waals surface area contributed by atoms with Crippen LogP contribution in [-0.4, -0.2) is 16.2 Å². The highest BCUT2D eigenvalue weighted by Gasteiger charge is 2.21. The molecule has 2 N–H and O–H groups in total. The van der Waals surface area contributed by atoms with Gasteiger partial charge < -0.3 is 24.4 Å². The predicted molar refractivity (Wildman–Crippen MR) is 132 cm³/mol. The van der Waals surface area contributed by atoms with E-state index in [1.165, 1.54) is 0 Å². The molecule has 6 heteroatoms. The number of phenols is 1. The average Bonchev–Trinajstić information content (AvgIpc) is 2.89. The van der Waals surface area contributed by atoms with Crippen molar-refractivity contribution in [3.8, 4) is 23.0 Å². The van der Waals surface area contributed by atoms with Gasteiger partial charge in [0.15, 0.2) is 11.5 Å². The summed E-state index contributed by atoms with van der Waals surface area (Å²) >= 11 is 0. The SMILES string of the molecule is O=C(O)CC(Oc1cc(OCc2ccccc2)c(O)c(OCc2ccccc2)c1)c1ccccc1. The number of hydrogen-bond acceptors (Lipinski definition) is 5. The minimum atomic E-state index is -0.987. The average molecular weight is 471 g/mol. The first-order valence-corrected chi connectivity index (χ1v) is 11.2. The van der Waals surface area contributed by atoms with Gasteiger partial charge in [0.1, 0.15) is 25.1 Å². The van der Waals surface area contributed by atoms with Crippen molar-refractivity contribution < 1.29 is 29.2 Å². The van der Waals surface area contributed by atoms with Crippen LogP contribution in [0, 0.1) is 0 Å². The highest BCUT2D eigenvalue weighted by Crippen LogP contribution is 2.42. The first kappa shape index (κ1) is 23.7. The molecule has 0 heterocycles. The highest BCUT2D eigenvalue weighted by atomic mass is 16.5. The van der Waals surface area contributed by atoms with Crippen LogP contribution in [0.3, 0.4) is 0 Å². The first-order chi connectivity index (χ1) is 17.1. The third-order valence-corrected chi connectivity index (χ3v) is 5.30. The van der Waals surface area contributed by atoms with Gasteiger partial charge in [-0.3, -0.25) is 4.79 Å². The Bertz CT molecular complexity index is 1160. The van der Waals surface area contributed by atoms with Crippen molar-refractivity contribution in [2.24, 2.45) is 0 Å². The molecule has 0 aromatic heterocycles. The van der Waals surface area contributed by atoms with Crippen LogP contribution in [0.4, 0.5) is 0 Å². The van der Waals surface area contributed by atoms with Crippen molar-refractivity contribution in [3.05, 3.63) is 120 Å². The molecule has 0 bridgehead atoms. The number of carbonyl (C=O) groups is 1. The molecule has 1 unspecified atom stereocenters. The maximum absolute atomic E-state index is 11.5. The van der Waals surface area contributed by atoms with E-state index in [-0.39, 0.29) is 36.9 Å². The molecule has 0 amide bonds. The summed E-state index contributed by atoms with van der Waals surface area (Å²) in [5.74, 6) is -0.463. The Balaban J connectivity index is 1.62. The van der Waals surface area contributed by atoms with Gasteiger partial charge in [-0.1, -0.05) is 91.0 Å². The monoisotopic (exact) mass is 470 g/mol. The topological polar surface area (TPSA) is 85.2 Å². The molecule has 35 heavy (non-hydrogen) atoms. The van der Waals surface area contributed by atoms with Gasteiger partial charge in [0.25, 0.3) is 0 Å². The van der Waals surface area contributed by atoms with E-state index in [9.17, 15) is 15.0 Å². The van der Waals surface area contributed by atoms with E-state index < -0.39 is 12.1 Å². The van der Waals surface area contributed by atoms with Crippen LogP contribution in [0.2, 0.25) is 0 Å². The molecule has 0 saturated heterocycles. The molecule has 0 spiro atoms. The van der Waals surface area contributed by atoms with Crippen molar-refractivity contribution in [1.29, 1.82) is 0 Å². The lowest BCUT2D eigenvalue weighted by molar-refractivity contribution is -0.138. The van der Waals surface area contributed by atoms with Crippen LogP contribution >= 0.6 is 0 Å². The fourth-order valence-corrected chi connectivity index (χ4v) is 3.54. The first-order valence-electron chi connectivity index (χ1n) is 11.2. The minimum Gasteiger partial charge on any atom is -0.502 e. The van der Waals surface area contributed by atoms with Crippen LogP contribution in [0.1, 0.15) is 29.2 Å². The van der Waals surface area contributed by atoms with Gasteiger partial charge in [0.05, 0.1) is 6.42 Å². The van der Waals surface area contributed by atoms with E-state index in [1.807, 2.05) is 91.0 Å². The van der Waals surface area contributed by atoms with E-state index in [2.05, 4.69) is 0 Å². The summed E-state index contributed by atoms with van der Waals surface area (Å²) in [5.41, 5.74) is 2.58.